The minimum Gasteiger partial charge on any atom is -0.300 e. The predicted molar refractivity (Wildman–Crippen MR) is 57.2 cm³/mol. The van der Waals surface area contributed by atoms with E-state index in [-0.39, 0.29) is 5.56 Å². The van der Waals surface area contributed by atoms with Gasteiger partial charge in [-0.05, 0) is 17.7 Å². The fraction of sp³-hybridized carbons (Fsp3) is 0.222. The summed E-state index contributed by atoms with van der Waals surface area (Å²) in [7, 11) is 0. The van der Waals surface area contributed by atoms with Crippen LogP contribution in [0.2, 0.25) is 0 Å². The Kier molecular flexibility index (Phi) is 2.73. The van der Waals surface area contributed by atoms with Crippen LogP contribution in [0.25, 0.3) is 10.2 Å². The number of nitrogen functional groups attached to an aromatic ring is 1. The Bertz CT molecular complexity index is 506. The van der Waals surface area contributed by atoms with Crippen LogP contribution in [0, 0.1) is 0 Å². The molecule has 3 nitrogen and oxygen atoms in total. The van der Waals surface area contributed by atoms with Crippen molar-refractivity contribution in [1.82, 2.24) is 4.98 Å². The standard InChI is InChI=1S/C9H8F3N3S/c10-9(11,12)4-5-1-2-6-7(3-5)16-8(14-6)15-13/h1-3H,4,13H2,(H,14,15). The van der Waals surface area contributed by atoms with Crippen molar-refractivity contribution >= 4 is 26.7 Å². The van der Waals surface area contributed by atoms with Crippen molar-refractivity contribution in [2.75, 3.05) is 5.43 Å². The van der Waals surface area contributed by atoms with Gasteiger partial charge < -0.3 is 0 Å². The summed E-state index contributed by atoms with van der Waals surface area (Å²) in [6.45, 7) is 0. The van der Waals surface area contributed by atoms with Crippen LogP contribution in [0.5, 0.6) is 0 Å². The lowest BCUT2D eigenvalue weighted by molar-refractivity contribution is -0.127. The maximum atomic E-state index is 12.2. The summed E-state index contributed by atoms with van der Waals surface area (Å²) in [6.07, 6.45) is -5.11. The quantitative estimate of drug-likeness (QED) is 0.633. The van der Waals surface area contributed by atoms with Gasteiger partial charge in [0.05, 0.1) is 16.6 Å². The van der Waals surface area contributed by atoms with Gasteiger partial charge >= 0.3 is 6.18 Å². The molecule has 0 atom stereocenters. The van der Waals surface area contributed by atoms with E-state index in [9.17, 15) is 13.2 Å². The summed E-state index contributed by atoms with van der Waals surface area (Å²) in [5, 5.41) is 0.485. The zero-order valence-electron chi connectivity index (χ0n) is 8.01. The lowest BCUT2D eigenvalue weighted by Gasteiger charge is -2.05. The first-order valence-corrected chi connectivity index (χ1v) is 5.22. The normalized spacial score (nSPS) is 12.0. The summed E-state index contributed by atoms with van der Waals surface area (Å²) in [6, 6.07) is 4.48. The first kappa shape index (κ1) is 11.2. The van der Waals surface area contributed by atoms with Crippen molar-refractivity contribution in [3.63, 3.8) is 0 Å². The third kappa shape index (κ3) is 2.42. The molecule has 0 amide bonds. The molecular formula is C9H8F3N3S. The molecule has 0 unspecified atom stereocenters. The topological polar surface area (TPSA) is 50.9 Å². The predicted octanol–water partition coefficient (Wildman–Crippen LogP) is 2.69. The number of benzene rings is 1. The SMILES string of the molecule is NNc1nc2ccc(CC(F)(F)F)cc2s1. The molecule has 3 N–H and O–H groups in total. The van der Waals surface area contributed by atoms with E-state index >= 15 is 0 Å². The Morgan fingerprint density at radius 1 is 1.38 bits per heavy atom. The van der Waals surface area contributed by atoms with E-state index in [4.69, 9.17) is 5.84 Å². The summed E-state index contributed by atoms with van der Waals surface area (Å²) >= 11 is 1.22. The number of fused-ring (bicyclic) bond motifs is 1. The minimum absolute atomic E-state index is 0.229. The highest BCUT2D eigenvalue weighted by Gasteiger charge is 2.27. The van der Waals surface area contributed by atoms with Gasteiger partial charge in [0.25, 0.3) is 0 Å². The summed E-state index contributed by atoms with van der Waals surface area (Å²) < 4.78 is 37.2. The first-order chi connectivity index (χ1) is 7.48. The molecule has 0 bridgehead atoms. The molecule has 0 aliphatic rings. The second-order valence-corrected chi connectivity index (χ2v) is 4.29. The van der Waals surface area contributed by atoms with Gasteiger partial charge in [0.15, 0.2) is 5.13 Å². The molecule has 7 heteroatoms. The Morgan fingerprint density at radius 3 is 2.75 bits per heavy atom. The summed E-state index contributed by atoms with van der Waals surface area (Å²) in [5.41, 5.74) is 3.24. The highest BCUT2D eigenvalue weighted by molar-refractivity contribution is 7.22. The van der Waals surface area contributed by atoms with Gasteiger partial charge in [-0.1, -0.05) is 17.4 Å². The molecule has 0 fully saturated rings. The average Bonchev–Trinajstić information content (AvgIpc) is 2.57. The number of rotatable bonds is 2. The minimum atomic E-state index is -4.19. The van der Waals surface area contributed by atoms with Gasteiger partial charge in [-0.3, -0.25) is 5.43 Å². The number of nitrogens with one attached hydrogen (secondary N) is 1. The van der Waals surface area contributed by atoms with E-state index in [1.807, 2.05) is 0 Å². The Hall–Kier alpha value is -1.34. The number of hydrazine groups is 1. The average molecular weight is 247 g/mol. The van der Waals surface area contributed by atoms with Gasteiger partial charge in [-0.15, -0.1) is 0 Å². The second-order valence-electron chi connectivity index (χ2n) is 3.26. The van der Waals surface area contributed by atoms with Crippen LogP contribution in [-0.4, -0.2) is 11.2 Å². The van der Waals surface area contributed by atoms with E-state index in [0.717, 1.165) is 0 Å². The highest BCUT2D eigenvalue weighted by Crippen LogP contribution is 2.28. The van der Waals surface area contributed by atoms with Crippen LogP contribution in [0.15, 0.2) is 18.2 Å². The molecule has 86 valence electrons. The molecular weight excluding hydrogens is 239 g/mol. The molecule has 2 rings (SSSR count). The molecule has 0 aliphatic carbocycles. The molecule has 1 aromatic heterocycles. The van der Waals surface area contributed by atoms with Crippen molar-refractivity contribution in [2.45, 2.75) is 12.6 Å². The fourth-order valence-electron chi connectivity index (χ4n) is 1.37. The van der Waals surface area contributed by atoms with Crippen LogP contribution >= 0.6 is 11.3 Å². The van der Waals surface area contributed by atoms with E-state index in [0.29, 0.717) is 15.3 Å². The van der Waals surface area contributed by atoms with Crippen molar-refractivity contribution in [3.05, 3.63) is 23.8 Å². The molecule has 1 aromatic carbocycles. The monoisotopic (exact) mass is 247 g/mol. The first-order valence-electron chi connectivity index (χ1n) is 4.41. The van der Waals surface area contributed by atoms with Gasteiger partial charge in [0.2, 0.25) is 0 Å². The zero-order valence-corrected chi connectivity index (χ0v) is 8.82. The molecule has 16 heavy (non-hydrogen) atoms. The van der Waals surface area contributed by atoms with Crippen molar-refractivity contribution < 1.29 is 13.2 Å². The van der Waals surface area contributed by atoms with Gasteiger partial charge in [0.1, 0.15) is 0 Å². The number of hydrogen-bond donors (Lipinski definition) is 2. The van der Waals surface area contributed by atoms with Crippen molar-refractivity contribution in [3.8, 4) is 0 Å². The fourth-order valence-corrected chi connectivity index (χ4v) is 2.21. The molecule has 0 aliphatic heterocycles. The number of nitrogens with zero attached hydrogens (tertiary/aromatic N) is 1. The molecule has 1 heterocycles. The lowest BCUT2D eigenvalue weighted by atomic mass is 10.1. The number of nitrogens with two attached hydrogens (primary N) is 1. The largest absolute Gasteiger partial charge is 0.393 e. The van der Waals surface area contributed by atoms with E-state index < -0.39 is 12.6 Å². The van der Waals surface area contributed by atoms with E-state index in [2.05, 4.69) is 10.4 Å². The number of anilines is 1. The summed E-state index contributed by atoms with van der Waals surface area (Å²) in [5.74, 6) is 5.17. The van der Waals surface area contributed by atoms with E-state index in [1.54, 1.807) is 6.07 Å². The molecule has 0 radical (unpaired) electrons. The number of hydrogen-bond acceptors (Lipinski definition) is 4. The van der Waals surface area contributed by atoms with Crippen LogP contribution in [0.3, 0.4) is 0 Å². The third-order valence-corrected chi connectivity index (χ3v) is 2.93. The maximum absolute atomic E-state index is 12.2. The van der Waals surface area contributed by atoms with Crippen molar-refractivity contribution in [2.24, 2.45) is 5.84 Å². The number of aromatic nitrogens is 1. The molecule has 0 saturated heterocycles. The highest BCUT2D eigenvalue weighted by atomic mass is 32.1. The maximum Gasteiger partial charge on any atom is 0.393 e. The van der Waals surface area contributed by atoms with Crippen LogP contribution in [0.1, 0.15) is 5.56 Å². The third-order valence-electron chi connectivity index (χ3n) is 1.98. The Labute approximate surface area is 93.1 Å². The smallest absolute Gasteiger partial charge is 0.300 e. The van der Waals surface area contributed by atoms with Crippen molar-refractivity contribution in [1.29, 1.82) is 0 Å². The summed E-state index contributed by atoms with van der Waals surface area (Å²) in [4.78, 5) is 4.07. The zero-order chi connectivity index (χ0) is 11.8. The van der Waals surface area contributed by atoms with E-state index in [1.165, 1.54) is 23.5 Å². The second kappa shape index (κ2) is 3.91. The molecule has 2 aromatic rings. The van der Waals surface area contributed by atoms with Gasteiger partial charge in [0, 0.05) is 0 Å². The van der Waals surface area contributed by atoms with Crippen LogP contribution < -0.4 is 11.3 Å². The number of alkyl halides is 3. The number of halogens is 3. The Balaban J connectivity index is 2.36. The molecule has 0 spiro atoms. The van der Waals surface area contributed by atoms with Crippen LogP contribution in [-0.2, 0) is 6.42 Å². The van der Waals surface area contributed by atoms with Gasteiger partial charge in [-0.2, -0.15) is 13.2 Å². The van der Waals surface area contributed by atoms with Gasteiger partial charge in [-0.25, -0.2) is 10.8 Å². The lowest BCUT2D eigenvalue weighted by Crippen LogP contribution is -2.11. The molecule has 0 saturated carbocycles. The Morgan fingerprint density at radius 2 is 2.12 bits per heavy atom. The van der Waals surface area contributed by atoms with Crippen LogP contribution in [0.4, 0.5) is 18.3 Å². The number of thiazole rings is 1.